The van der Waals surface area contributed by atoms with Crippen molar-refractivity contribution in [1.82, 2.24) is 0 Å². The summed E-state index contributed by atoms with van der Waals surface area (Å²) in [6.45, 7) is 0. The maximum Gasteiger partial charge on any atom is 0.313 e. The molecule has 8 nitrogen and oxygen atoms in total. The molecule has 0 fully saturated rings. The molecule has 0 aliphatic heterocycles. The third kappa shape index (κ3) is 2.66. The Bertz CT molecular complexity index is 559. The molecule has 10 heteroatoms. The van der Waals surface area contributed by atoms with Crippen LogP contribution in [-0.4, -0.2) is 20.9 Å². The SMILES string of the molecule is O=C(O)Cc1cc([N+](=O)[O-])c(Cl)c([N+](=O)[O-])c1Cl. The van der Waals surface area contributed by atoms with Crippen molar-refractivity contribution in [3.05, 3.63) is 41.9 Å². The number of carboxylic acids is 1. The molecule has 1 aromatic rings. The summed E-state index contributed by atoms with van der Waals surface area (Å²) in [5.41, 5.74) is -1.88. The van der Waals surface area contributed by atoms with Gasteiger partial charge in [-0.2, -0.15) is 0 Å². The Morgan fingerprint density at radius 2 is 1.78 bits per heavy atom. The van der Waals surface area contributed by atoms with Gasteiger partial charge in [0.15, 0.2) is 5.02 Å². The van der Waals surface area contributed by atoms with E-state index in [2.05, 4.69) is 0 Å². The molecule has 0 aromatic heterocycles. The van der Waals surface area contributed by atoms with Crippen LogP contribution in [0.25, 0.3) is 0 Å². The fraction of sp³-hybridized carbons (Fsp3) is 0.125. The van der Waals surface area contributed by atoms with Crippen molar-refractivity contribution < 1.29 is 19.7 Å². The van der Waals surface area contributed by atoms with E-state index in [0.29, 0.717) is 0 Å². The van der Waals surface area contributed by atoms with Gasteiger partial charge in [-0.3, -0.25) is 25.0 Å². The summed E-state index contributed by atoms with van der Waals surface area (Å²) < 4.78 is 0. The summed E-state index contributed by atoms with van der Waals surface area (Å²) in [5.74, 6) is -1.33. The summed E-state index contributed by atoms with van der Waals surface area (Å²) in [5, 5.41) is 28.7. The number of halogens is 2. The molecular weight excluding hydrogens is 291 g/mol. The van der Waals surface area contributed by atoms with Crippen molar-refractivity contribution in [1.29, 1.82) is 0 Å². The van der Waals surface area contributed by atoms with Gasteiger partial charge < -0.3 is 5.11 Å². The predicted octanol–water partition coefficient (Wildman–Crippen LogP) is 2.44. The number of carbonyl (C=O) groups is 1. The number of rotatable bonds is 4. The lowest BCUT2D eigenvalue weighted by atomic mass is 10.1. The minimum absolute atomic E-state index is 0.244. The Kier molecular flexibility index (Phi) is 4.04. The van der Waals surface area contributed by atoms with Gasteiger partial charge in [0.05, 0.1) is 16.3 Å². The highest BCUT2D eigenvalue weighted by Crippen LogP contribution is 2.41. The normalized spacial score (nSPS) is 10.1. The Hall–Kier alpha value is -1.93. The number of nitro groups is 2. The van der Waals surface area contributed by atoms with Crippen molar-refractivity contribution in [2.45, 2.75) is 6.42 Å². The molecule has 96 valence electrons. The zero-order valence-corrected chi connectivity index (χ0v) is 9.94. The van der Waals surface area contributed by atoms with Crippen LogP contribution in [-0.2, 0) is 11.2 Å². The van der Waals surface area contributed by atoms with Crippen LogP contribution in [0.3, 0.4) is 0 Å². The lowest BCUT2D eigenvalue weighted by molar-refractivity contribution is -0.393. The van der Waals surface area contributed by atoms with Crippen LogP contribution in [0.4, 0.5) is 11.4 Å². The highest BCUT2D eigenvalue weighted by molar-refractivity contribution is 6.40. The average Bonchev–Trinajstić information content (AvgIpc) is 2.20. The van der Waals surface area contributed by atoms with E-state index in [1.807, 2.05) is 0 Å². The molecule has 1 aromatic carbocycles. The summed E-state index contributed by atoms with van der Waals surface area (Å²) in [7, 11) is 0. The molecule has 0 atom stereocenters. The fourth-order valence-electron chi connectivity index (χ4n) is 1.25. The molecule has 0 bridgehead atoms. The number of carboxylic acid groups (broad SMARTS) is 1. The standard InChI is InChI=1S/C8H4Cl2N2O6/c9-6-3(2-5(13)14)1-4(11(15)16)7(10)8(6)12(17)18/h1H,2H2,(H,13,14). The molecule has 18 heavy (non-hydrogen) atoms. The fourth-order valence-corrected chi connectivity index (χ4v) is 1.87. The number of benzene rings is 1. The largest absolute Gasteiger partial charge is 0.481 e. The highest BCUT2D eigenvalue weighted by Gasteiger charge is 2.30. The first-order valence-electron chi connectivity index (χ1n) is 4.27. The van der Waals surface area contributed by atoms with Crippen LogP contribution in [0.15, 0.2) is 6.07 Å². The smallest absolute Gasteiger partial charge is 0.313 e. The van der Waals surface area contributed by atoms with Crippen molar-refractivity contribution in [2.24, 2.45) is 0 Å². The Labute approximate surface area is 109 Å². The molecule has 1 N–H and O–H groups in total. The van der Waals surface area contributed by atoms with Gasteiger partial charge in [0.1, 0.15) is 5.02 Å². The molecule has 0 saturated heterocycles. The summed E-state index contributed by atoms with van der Waals surface area (Å²) in [6.07, 6.45) is -0.683. The van der Waals surface area contributed by atoms with Crippen LogP contribution in [0.1, 0.15) is 5.56 Å². The lowest BCUT2D eigenvalue weighted by Crippen LogP contribution is -2.04. The Morgan fingerprint density at radius 1 is 1.22 bits per heavy atom. The minimum Gasteiger partial charge on any atom is -0.481 e. The van der Waals surface area contributed by atoms with Gasteiger partial charge in [-0.25, -0.2) is 0 Å². The van der Waals surface area contributed by atoms with E-state index < -0.39 is 43.7 Å². The number of aliphatic carboxylic acids is 1. The molecule has 0 aliphatic rings. The average molecular weight is 295 g/mol. The van der Waals surface area contributed by atoms with E-state index in [9.17, 15) is 25.0 Å². The molecule has 1 rings (SSSR count). The quantitative estimate of drug-likeness (QED) is 0.672. The number of nitro benzene ring substituents is 2. The zero-order chi connectivity index (χ0) is 14.0. The van der Waals surface area contributed by atoms with E-state index in [0.717, 1.165) is 6.07 Å². The second-order valence-corrected chi connectivity index (χ2v) is 3.87. The van der Waals surface area contributed by atoms with E-state index >= 15 is 0 Å². The van der Waals surface area contributed by atoms with Crippen molar-refractivity contribution in [3.63, 3.8) is 0 Å². The van der Waals surface area contributed by atoms with Gasteiger partial charge in [0.25, 0.3) is 5.69 Å². The Balaban J connectivity index is 3.60. The summed E-state index contributed by atoms with van der Waals surface area (Å²) in [4.78, 5) is 30.0. The molecule has 0 radical (unpaired) electrons. The first-order chi connectivity index (χ1) is 8.25. The van der Waals surface area contributed by atoms with Crippen LogP contribution in [0, 0.1) is 20.2 Å². The van der Waals surface area contributed by atoms with Gasteiger partial charge >= 0.3 is 11.7 Å². The minimum atomic E-state index is -1.33. The monoisotopic (exact) mass is 294 g/mol. The van der Waals surface area contributed by atoms with E-state index in [-0.39, 0.29) is 5.56 Å². The zero-order valence-electron chi connectivity index (χ0n) is 8.42. The van der Waals surface area contributed by atoms with Gasteiger partial charge in [-0.1, -0.05) is 23.2 Å². The van der Waals surface area contributed by atoms with E-state index in [1.165, 1.54) is 0 Å². The van der Waals surface area contributed by atoms with E-state index in [4.69, 9.17) is 28.3 Å². The maximum atomic E-state index is 10.7. The second kappa shape index (κ2) is 5.15. The number of hydrogen-bond acceptors (Lipinski definition) is 5. The molecule has 0 aliphatic carbocycles. The Morgan fingerprint density at radius 3 is 2.17 bits per heavy atom. The predicted molar refractivity (Wildman–Crippen MR) is 61.1 cm³/mol. The van der Waals surface area contributed by atoms with Crippen LogP contribution >= 0.6 is 23.2 Å². The third-order valence-electron chi connectivity index (χ3n) is 1.95. The molecule has 0 saturated carbocycles. The van der Waals surface area contributed by atoms with Gasteiger partial charge in [0.2, 0.25) is 0 Å². The van der Waals surface area contributed by atoms with Crippen molar-refractivity contribution in [2.75, 3.05) is 0 Å². The van der Waals surface area contributed by atoms with Crippen LogP contribution in [0.5, 0.6) is 0 Å². The van der Waals surface area contributed by atoms with Gasteiger partial charge in [-0.05, 0) is 5.56 Å². The first-order valence-corrected chi connectivity index (χ1v) is 5.02. The molecular formula is C8H4Cl2N2O6. The highest BCUT2D eigenvalue weighted by atomic mass is 35.5. The van der Waals surface area contributed by atoms with E-state index in [1.54, 1.807) is 0 Å². The third-order valence-corrected chi connectivity index (χ3v) is 2.75. The van der Waals surface area contributed by atoms with Gasteiger partial charge in [0, 0.05) is 6.07 Å². The second-order valence-electron chi connectivity index (χ2n) is 3.12. The topological polar surface area (TPSA) is 124 Å². The first kappa shape index (κ1) is 14.1. The number of hydrogen-bond donors (Lipinski definition) is 1. The lowest BCUT2D eigenvalue weighted by Gasteiger charge is -2.04. The number of nitrogens with zero attached hydrogens (tertiary/aromatic N) is 2. The molecule has 0 heterocycles. The maximum absolute atomic E-state index is 10.7. The summed E-state index contributed by atoms with van der Waals surface area (Å²) in [6, 6.07) is 0.811. The van der Waals surface area contributed by atoms with Crippen LogP contribution < -0.4 is 0 Å². The van der Waals surface area contributed by atoms with Crippen molar-refractivity contribution in [3.8, 4) is 0 Å². The van der Waals surface area contributed by atoms with Gasteiger partial charge in [-0.15, -0.1) is 0 Å². The van der Waals surface area contributed by atoms with Crippen molar-refractivity contribution >= 4 is 40.5 Å². The molecule has 0 unspecified atom stereocenters. The molecule has 0 spiro atoms. The summed E-state index contributed by atoms with van der Waals surface area (Å²) >= 11 is 11.1. The molecule has 0 amide bonds. The van der Waals surface area contributed by atoms with Crippen LogP contribution in [0.2, 0.25) is 10.0 Å².